The molecule has 3 aromatic rings. The number of nitrogens with zero attached hydrogens (tertiary/aromatic N) is 2. The van der Waals surface area contributed by atoms with Crippen LogP contribution < -0.4 is 9.47 Å². The molecule has 0 N–H and O–H groups in total. The van der Waals surface area contributed by atoms with Crippen LogP contribution in [0.5, 0.6) is 11.5 Å². The number of imidazole rings is 1. The number of para-hydroxylation sites is 2. The lowest BCUT2D eigenvalue weighted by atomic mass is 10.1. The van der Waals surface area contributed by atoms with Gasteiger partial charge in [0.2, 0.25) is 0 Å². The van der Waals surface area contributed by atoms with Gasteiger partial charge in [0.1, 0.15) is 23.9 Å². The highest BCUT2D eigenvalue weighted by atomic mass is 16.5. The van der Waals surface area contributed by atoms with Crippen molar-refractivity contribution < 1.29 is 9.47 Å². The Morgan fingerprint density at radius 1 is 1.00 bits per heavy atom. The van der Waals surface area contributed by atoms with E-state index in [0.29, 0.717) is 12.5 Å². The van der Waals surface area contributed by atoms with Gasteiger partial charge in [0, 0.05) is 6.54 Å². The number of rotatable bonds is 7. The fraction of sp³-hybridized carbons (Fsp3) is 0.350. The minimum Gasteiger partial charge on any atom is -0.497 e. The topological polar surface area (TPSA) is 36.3 Å². The fourth-order valence-electron chi connectivity index (χ4n) is 2.69. The number of aromatic nitrogens is 2. The number of benzene rings is 2. The predicted octanol–water partition coefficient (Wildman–Crippen LogP) is 4.67. The molecule has 1 aromatic heterocycles. The van der Waals surface area contributed by atoms with Crippen molar-refractivity contribution in [2.24, 2.45) is 5.92 Å². The Balaban J connectivity index is 1.80. The Morgan fingerprint density at radius 2 is 1.71 bits per heavy atom. The number of fused-ring (bicyclic) bond motifs is 1. The van der Waals surface area contributed by atoms with Crippen LogP contribution in [-0.4, -0.2) is 16.7 Å². The lowest BCUT2D eigenvalue weighted by Crippen LogP contribution is -2.09. The van der Waals surface area contributed by atoms with E-state index in [-0.39, 0.29) is 0 Å². The summed E-state index contributed by atoms with van der Waals surface area (Å²) in [5.41, 5.74) is 2.20. The molecule has 24 heavy (non-hydrogen) atoms. The van der Waals surface area contributed by atoms with Crippen LogP contribution in [0.25, 0.3) is 11.0 Å². The molecule has 1 heterocycles. The lowest BCUT2D eigenvalue weighted by molar-refractivity contribution is 0.288. The van der Waals surface area contributed by atoms with Crippen LogP contribution in [0.1, 0.15) is 26.1 Å². The SMILES string of the molecule is COc1ccc(OCc2nc3ccccc3n2CCC(C)C)cc1. The summed E-state index contributed by atoms with van der Waals surface area (Å²) in [4.78, 5) is 4.75. The lowest BCUT2D eigenvalue weighted by Gasteiger charge is -2.12. The first-order valence-corrected chi connectivity index (χ1v) is 8.38. The molecule has 0 fully saturated rings. The van der Waals surface area contributed by atoms with Crippen LogP contribution >= 0.6 is 0 Å². The van der Waals surface area contributed by atoms with E-state index in [1.54, 1.807) is 7.11 Å². The normalized spacial score (nSPS) is 11.2. The van der Waals surface area contributed by atoms with Crippen LogP contribution in [0.3, 0.4) is 0 Å². The van der Waals surface area contributed by atoms with Gasteiger partial charge in [0.05, 0.1) is 18.1 Å². The van der Waals surface area contributed by atoms with Gasteiger partial charge in [-0.25, -0.2) is 4.98 Å². The molecule has 0 saturated carbocycles. The van der Waals surface area contributed by atoms with E-state index in [9.17, 15) is 0 Å². The van der Waals surface area contributed by atoms with Gasteiger partial charge in [0.15, 0.2) is 0 Å². The van der Waals surface area contributed by atoms with Gasteiger partial charge in [-0.1, -0.05) is 26.0 Å². The molecule has 0 aliphatic rings. The number of ether oxygens (including phenoxy) is 2. The third-order valence-electron chi connectivity index (χ3n) is 4.09. The van der Waals surface area contributed by atoms with Crippen molar-refractivity contribution in [3.8, 4) is 11.5 Å². The van der Waals surface area contributed by atoms with Crippen molar-refractivity contribution in [1.29, 1.82) is 0 Å². The van der Waals surface area contributed by atoms with Crippen molar-refractivity contribution in [3.05, 3.63) is 54.4 Å². The Morgan fingerprint density at radius 3 is 2.42 bits per heavy atom. The minimum atomic E-state index is 0.457. The van der Waals surface area contributed by atoms with E-state index >= 15 is 0 Å². The second-order valence-electron chi connectivity index (χ2n) is 6.32. The largest absolute Gasteiger partial charge is 0.497 e. The monoisotopic (exact) mass is 324 g/mol. The molecule has 2 aromatic carbocycles. The summed E-state index contributed by atoms with van der Waals surface area (Å²) >= 11 is 0. The third-order valence-corrected chi connectivity index (χ3v) is 4.09. The Bertz CT molecular complexity index is 791. The zero-order valence-electron chi connectivity index (χ0n) is 14.5. The van der Waals surface area contributed by atoms with Crippen molar-refractivity contribution in [3.63, 3.8) is 0 Å². The molecule has 126 valence electrons. The zero-order valence-corrected chi connectivity index (χ0v) is 14.5. The maximum atomic E-state index is 5.93. The third kappa shape index (κ3) is 3.70. The first-order valence-electron chi connectivity index (χ1n) is 8.38. The summed E-state index contributed by atoms with van der Waals surface area (Å²) in [6, 6.07) is 15.9. The molecule has 0 aliphatic carbocycles. The second kappa shape index (κ2) is 7.39. The van der Waals surface area contributed by atoms with E-state index < -0.39 is 0 Å². The molecule has 4 heteroatoms. The summed E-state index contributed by atoms with van der Waals surface area (Å²) in [7, 11) is 1.66. The van der Waals surface area contributed by atoms with Crippen LogP contribution in [0, 0.1) is 5.92 Å². The Hall–Kier alpha value is -2.49. The van der Waals surface area contributed by atoms with Crippen LogP contribution in [-0.2, 0) is 13.2 Å². The smallest absolute Gasteiger partial charge is 0.147 e. The van der Waals surface area contributed by atoms with E-state index in [0.717, 1.165) is 35.8 Å². The van der Waals surface area contributed by atoms with E-state index in [4.69, 9.17) is 14.5 Å². The Kier molecular flexibility index (Phi) is 5.04. The summed E-state index contributed by atoms with van der Waals surface area (Å²) in [6.07, 6.45) is 1.12. The molecular formula is C20H24N2O2. The van der Waals surface area contributed by atoms with E-state index in [1.807, 2.05) is 30.3 Å². The second-order valence-corrected chi connectivity index (χ2v) is 6.32. The molecule has 4 nitrogen and oxygen atoms in total. The molecule has 0 aliphatic heterocycles. The fourth-order valence-corrected chi connectivity index (χ4v) is 2.69. The van der Waals surface area contributed by atoms with Gasteiger partial charge in [-0.15, -0.1) is 0 Å². The standard InChI is InChI=1S/C20H24N2O2/c1-15(2)12-13-22-19-7-5-4-6-18(19)21-20(22)14-24-17-10-8-16(23-3)9-11-17/h4-11,15H,12-14H2,1-3H3. The minimum absolute atomic E-state index is 0.457. The summed E-state index contributed by atoms with van der Waals surface area (Å²) in [6.45, 7) is 5.90. The highest BCUT2D eigenvalue weighted by Gasteiger charge is 2.11. The number of hydrogen-bond donors (Lipinski definition) is 0. The van der Waals surface area contributed by atoms with Crippen molar-refractivity contribution in [2.45, 2.75) is 33.4 Å². The molecule has 0 unspecified atom stereocenters. The van der Waals surface area contributed by atoms with Gasteiger partial charge in [-0.05, 0) is 48.7 Å². The number of methoxy groups -OCH3 is 1. The summed E-state index contributed by atoms with van der Waals surface area (Å²) in [5, 5.41) is 0. The highest BCUT2D eigenvalue weighted by Crippen LogP contribution is 2.21. The molecular weight excluding hydrogens is 300 g/mol. The van der Waals surface area contributed by atoms with Crippen molar-refractivity contribution >= 4 is 11.0 Å². The average Bonchev–Trinajstić information content (AvgIpc) is 2.96. The van der Waals surface area contributed by atoms with Gasteiger partial charge in [-0.2, -0.15) is 0 Å². The molecule has 3 rings (SSSR count). The first-order chi connectivity index (χ1) is 11.7. The quantitative estimate of drug-likeness (QED) is 0.633. The van der Waals surface area contributed by atoms with Gasteiger partial charge in [0.25, 0.3) is 0 Å². The van der Waals surface area contributed by atoms with Crippen LogP contribution in [0.4, 0.5) is 0 Å². The maximum Gasteiger partial charge on any atom is 0.147 e. The molecule has 0 amide bonds. The van der Waals surface area contributed by atoms with Crippen molar-refractivity contribution in [1.82, 2.24) is 9.55 Å². The summed E-state index contributed by atoms with van der Waals surface area (Å²) in [5.74, 6) is 3.26. The van der Waals surface area contributed by atoms with Crippen LogP contribution in [0.2, 0.25) is 0 Å². The summed E-state index contributed by atoms with van der Waals surface area (Å²) < 4.78 is 13.4. The van der Waals surface area contributed by atoms with Crippen LogP contribution in [0.15, 0.2) is 48.5 Å². The van der Waals surface area contributed by atoms with E-state index in [1.165, 1.54) is 5.52 Å². The first kappa shape index (κ1) is 16.4. The van der Waals surface area contributed by atoms with Gasteiger partial charge in [-0.3, -0.25) is 0 Å². The Labute approximate surface area is 143 Å². The van der Waals surface area contributed by atoms with Crippen molar-refractivity contribution in [2.75, 3.05) is 7.11 Å². The maximum absolute atomic E-state index is 5.93. The predicted molar refractivity (Wildman–Crippen MR) is 96.5 cm³/mol. The van der Waals surface area contributed by atoms with Gasteiger partial charge >= 0.3 is 0 Å². The van der Waals surface area contributed by atoms with E-state index in [2.05, 4.69) is 36.6 Å². The zero-order chi connectivity index (χ0) is 16.9. The number of hydrogen-bond acceptors (Lipinski definition) is 3. The number of aryl methyl sites for hydroxylation is 1. The molecule has 0 bridgehead atoms. The molecule has 0 atom stereocenters. The molecule has 0 saturated heterocycles. The van der Waals surface area contributed by atoms with Gasteiger partial charge < -0.3 is 14.0 Å². The molecule has 0 radical (unpaired) electrons. The molecule has 0 spiro atoms. The average molecular weight is 324 g/mol. The highest BCUT2D eigenvalue weighted by molar-refractivity contribution is 5.75.